The van der Waals surface area contributed by atoms with Gasteiger partial charge in [0.15, 0.2) is 0 Å². The number of hydrogen-bond acceptors (Lipinski definition) is 5. The number of hydrazine groups is 1. The molecule has 1 aromatic rings. The minimum absolute atomic E-state index is 0.149. The number of carbonyl (C=O) groups excluding carboxylic acids is 3. The van der Waals surface area contributed by atoms with E-state index >= 15 is 0 Å². The third-order valence-electron chi connectivity index (χ3n) is 2.56. The van der Waals surface area contributed by atoms with Crippen LogP contribution in [0.1, 0.15) is 17.3 Å². The molecule has 114 valence electrons. The molecule has 21 heavy (non-hydrogen) atoms. The first-order chi connectivity index (χ1) is 10.0. The fourth-order valence-corrected chi connectivity index (χ4v) is 2.29. The molecule has 1 unspecified atom stereocenters. The number of rotatable bonds is 6. The number of hydrogen-bond donors (Lipinski definition) is 2. The molecule has 6 nitrogen and oxygen atoms in total. The van der Waals surface area contributed by atoms with E-state index in [1.807, 2.05) is 0 Å². The second-order valence-electron chi connectivity index (χ2n) is 4.31. The van der Waals surface area contributed by atoms with Crippen LogP contribution in [0.2, 0.25) is 0 Å². The SMILES string of the molecule is COC(=O)C(C)CSCC(=O)NNC(=O)c1ccccc1. The Bertz CT molecular complexity index is 493. The van der Waals surface area contributed by atoms with E-state index in [2.05, 4.69) is 15.6 Å². The molecular weight excluding hydrogens is 292 g/mol. The standard InChI is InChI=1S/C14H18N2O4S/c1-10(14(19)20-2)8-21-9-12(17)15-16-13(18)11-6-4-3-5-7-11/h3-7,10H,8-9H2,1-2H3,(H,15,17)(H,16,18). The minimum atomic E-state index is -0.378. The summed E-state index contributed by atoms with van der Waals surface area (Å²) in [5.41, 5.74) is 5.11. The van der Waals surface area contributed by atoms with Crippen LogP contribution in [0.5, 0.6) is 0 Å². The second kappa shape index (κ2) is 9.02. The van der Waals surface area contributed by atoms with Crippen molar-refractivity contribution in [3.05, 3.63) is 35.9 Å². The first-order valence-electron chi connectivity index (χ1n) is 6.34. The Morgan fingerprint density at radius 1 is 1.19 bits per heavy atom. The molecule has 0 aliphatic carbocycles. The number of benzene rings is 1. The van der Waals surface area contributed by atoms with Crippen molar-refractivity contribution in [3.63, 3.8) is 0 Å². The van der Waals surface area contributed by atoms with Gasteiger partial charge in [0.1, 0.15) is 0 Å². The highest BCUT2D eigenvalue weighted by Crippen LogP contribution is 2.09. The van der Waals surface area contributed by atoms with Gasteiger partial charge in [-0.2, -0.15) is 11.8 Å². The zero-order chi connectivity index (χ0) is 15.7. The van der Waals surface area contributed by atoms with Crippen LogP contribution in [0.25, 0.3) is 0 Å². The lowest BCUT2D eigenvalue weighted by atomic mass is 10.2. The molecule has 0 radical (unpaired) electrons. The number of carbonyl (C=O) groups is 3. The summed E-state index contributed by atoms with van der Waals surface area (Å²) in [7, 11) is 1.33. The van der Waals surface area contributed by atoms with Crippen molar-refractivity contribution in [3.8, 4) is 0 Å². The number of esters is 1. The largest absolute Gasteiger partial charge is 0.469 e. The van der Waals surface area contributed by atoms with Gasteiger partial charge in [-0.15, -0.1) is 0 Å². The lowest BCUT2D eigenvalue weighted by Gasteiger charge is -2.09. The molecule has 0 spiro atoms. The van der Waals surface area contributed by atoms with Crippen LogP contribution < -0.4 is 10.9 Å². The van der Waals surface area contributed by atoms with Gasteiger partial charge in [0.05, 0.1) is 18.8 Å². The van der Waals surface area contributed by atoms with Crippen LogP contribution in [0, 0.1) is 5.92 Å². The Hall–Kier alpha value is -2.02. The molecule has 0 saturated heterocycles. The Balaban J connectivity index is 2.23. The first-order valence-corrected chi connectivity index (χ1v) is 7.50. The average molecular weight is 310 g/mol. The molecule has 2 N–H and O–H groups in total. The summed E-state index contributed by atoms with van der Waals surface area (Å²) in [6.07, 6.45) is 0. The van der Waals surface area contributed by atoms with Gasteiger partial charge in [-0.25, -0.2) is 0 Å². The van der Waals surface area contributed by atoms with E-state index in [-0.39, 0.29) is 29.5 Å². The molecular formula is C14H18N2O4S. The summed E-state index contributed by atoms with van der Waals surface area (Å²) >= 11 is 1.30. The Kier molecular flexibility index (Phi) is 7.31. The molecule has 2 amide bonds. The minimum Gasteiger partial charge on any atom is -0.469 e. The van der Waals surface area contributed by atoms with Crippen molar-refractivity contribution in [1.29, 1.82) is 0 Å². The maximum atomic E-state index is 11.7. The molecule has 0 fully saturated rings. The van der Waals surface area contributed by atoms with Crippen LogP contribution in [0.15, 0.2) is 30.3 Å². The van der Waals surface area contributed by atoms with Crippen molar-refractivity contribution in [2.24, 2.45) is 5.92 Å². The predicted molar refractivity (Wildman–Crippen MR) is 80.6 cm³/mol. The highest BCUT2D eigenvalue weighted by atomic mass is 32.2. The van der Waals surface area contributed by atoms with Crippen molar-refractivity contribution >= 4 is 29.5 Å². The molecule has 0 heterocycles. The monoisotopic (exact) mass is 310 g/mol. The molecule has 0 bridgehead atoms. The molecule has 1 rings (SSSR count). The quantitative estimate of drug-likeness (QED) is 0.604. The number of thioether (sulfide) groups is 1. The Labute approximate surface area is 127 Å². The van der Waals surface area contributed by atoms with Crippen LogP contribution in [-0.4, -0.2) is 36.4 Å². The zero-order valence-corrected chi connectivity index (χ0v) is 12.7. The van der Waals surface area contributed by atoms with Crippen LogP contribution in [0.3, 0.4) is 0 Å². The summed E-state index contributed by atoms with van der Waals surface area (Å²) in [5, 5.41) is 0. The lowest BCUT2D eigenvalue weighted by molar-refractivity contribution is -0.144. The number of nitrogens with one attached hydrogen (secondary N) is 2. The number of amides is 2. The molecule has 1 atom stereocenters. The van der Waals surface area contributed by atoms with E-state index in [0.29, 0.717) is 11.3 Å². The maximum Gasteiger partial charge on any atom is 0.309 e. The van der Waals surface area contributed by atoms with Gasteiger partial charge < -0.3 is 4.74 Å². The lowest BCUT2D eigenvalue weighted by Crippen LogP contribution is -2.42. The molecule has 7 heteroatoms. The average Bonchev–Trinajstić information content (AvgIpc) is 2.52. The highest BCUT2D eigenvalue weighted by Gasteiger charge is 2.14. The topological polar surface area (TPSA) is 84.5 Å². The van der Waals surface area contributed by atoms with Crippen molar-refractivity contribution in [2.45, 2.75) is 6.92 Å². The van der Waals surface area contributed by atoms with E-state index in [9.17, 15) is 14.4 Å². The fraction of sp³-hybridized carbons (Fsp3) is 0.357. The number of ether oxygens (including phenoxy) is 1. The van der Waals surface area contributed by atoms with E-state index in [4.69, 9.17) is 0 Å². The van der Waals surface area contributed by atoms with Crippen molar-refractivity contribution in [2.75, 3.05) is 18.6 Å². The summed E-state index contributed by atoms with van der Waals surface area (Å²) in [6, 6.07) is 8.57. The van der Waals surface area contributed by atoms with Gasteiger partial charge in [-0.1, -0.05) is 25.1 Å². The van der Waals surface area contributed by atoms with Crippen LogP contribution in [-0.2, 0) is 14.3 Å². The van der Waals surface area contributed by atoms with Gasteiger partial charge in [0.2, 0.25) is 5.91 Å². The fourth-order valence-electron chi connectivity index (χ4n) is 1.42. The predicted octanol–water partition coefficient (Wildman–Crippen LogP) is 0.990. The van der Waals surface area contributed by atoms with E-state index < -0.39 is 0 Å². The van der Waals surface area contributed by atoms with Gasteiger partial charge in [0.25, 0.3) is 5.91 Å². The molecule has 0 saturated carbocycles. The van der Waals surface area contributed by atoms with E-state index in [1.165, 1.54) is 18.9 Å². The molecule has 0 aliphatic rings. The first kappa shape index (κ1) is 17.0. The van der Waals surface area contributed by atoms with Crippen molar-refractivity contribution in [1.82, 2.24) is 10.9 Å². The van der Waals surface area contributed by atoms with Gasteiger partial charge >= 0.3 is 5.97 Å². The number of methoxy groups -OCH3 is 1. The van der Waals surface area contributed by atoms with Crippen molar-refractivity contribution < 1.29 is 19.1 Å². The van der Waals surface area contributed by atoms with E-state index in [0.717, 1.165) is 0 Å². The summed E-state index contributed by atoms with van der Waals surface area (Å²) in [5.74, 6) is -0.659. The van der Waals surface area contributed by atoms with Crippen LogP contribution >= 0.6 is 11.8 Å². The summed E-state index contributed by atoms with van der Waals surface area (Å²) in [4.78, 5) is 34.4. The maximum absolute atomic E-state index is 11.7. The highest BCUT2D eigenvalue weighted by molar-refractivity contribution is 7.99. The van der Waals surface area contributed by atoms with Gasteiger partial charge in [-0.05, 0) is 12.1 Å². The third-order valence-corrected chi connectivity index (χ3v) is 3.76. The molecule has 1 aromatic carbocycles. The zero-order valence-electron chi connectivity index (χ0n) is 11.9. The van der Waals surface area contributed by atoms with Gasteiger partial charge in [0, 0.05) is 11.3 Å². The summed E-state index contributed by atoms with van der Waals surface area (Å²) < 4.78 is 4.59. The third kappa shape index (κ3) is 6.31. The molecule has 0 aliphatic heterocycles. The van der Waals surface area contributed by atoms with E-state index in [1.54, 1.807) is 37.3 Å². The normalized spacial score (nSPS) is 11.3. The van der Waals surface area contributed by atoms with Gasteiger partial charge in [-0.3, -0.25) is 25.2 Å². The Morgan fingerprint density at radius 2 is 1.86 bits per heavy atom. The second-order valence-corrected chi connectivity index (χ2v) is 5.34. The smallest absolute Gasteiger partial charge is 0.309 e. The van der Waals surface area contributed by atoms with Crippen LogP contribution in [0.4, 0.5) is 0 Å². The Morgan fingerprint density at radius 3 is 2.48 bits per heavy atom. The molecule has 0 aromatic heterocycles. The summed E-state index contributed by atoms with van der Waals surface area (Å²) in [6.45, 7) is 1.73.